The molecule has 1 heterocycles. The Hall–Kier alpha value is -4.08. The van der Waals surface area contributed by atoms with E-state index in [4.69, 9.17) is 14.2 Å². The van der Waals surface area contributed by atoms with E-state index in [2.05, 4.69) is 10.7 Å². The largest absolute Gasteiger partial charge is 0.496 e. The van der Waals surface area contributed by atoms with Crippen LogP contribution in [0.2, 0.25) is 0 Å². The first-order valence-electron chi connectivity index (χ1n) is 10.6. The summed E-state index contributed by atoms with van der Waals surface area (Å²) >= 11 is 0. The van der Waals surface area contributed by atoms with Gasteiger partial charge in [-0.15, -0.1) is 0 Å². The molecule has 0 spiro atoms. The molecule has 1 aliphatic heterocycles. The molecule has 3 rings (SSSR count). The number of anilines is 1. The summed E-state index contributed by atoms with van der Waals surface area (Å²) in [6.07, 6.45) is -0.152. The number of benzene rings is 2. The Bertz CT molecular complexity index is 1090. The molecule has 0 aromatic heterocycles. The second kappa shape index (κ2) is 10.7. The van der Waals surface area contributed by atoms with Crippen molar-refractivity contribution in [1.29, 1.82) is 0 Å². The Morgan fingerprint density at radius 3 is 2.32 bits per heavy atom. The van der Waals surface area contributed by atoms with E-state index in [1.165, 1.54) is 14.2 Å². The Balaban J connectivity index is 1.56. The van der Waals surface area contributed by atoms with E-state index in [1.54, 1.807) is 24.3 Å². The van der Waals surface area contributed by atoms with Crippen molar-refractivity contribution in [3.05, 3.63) is 53.1 Å². The predicted octanol–water partition coefficient (Wildman–Crippen LogP) is 2.00. The van der Waals surface area contributed by atoms with Gasteiger partial charge in [-0.05, 0) is 43.2 Å². The van der Waals surface area contributed by atoms with Crippen molar-refractivity contribution >= 4 is 29.4 Å². The molecular weight excluding hydrogens is 442 g/mol. The minimum absolute atomic E-state index is 0.0839. The number of methoxy groups -OCH3 is 2. The number of ether oxygens (including phenoxy) is 3. The lowest BCUT2D eigenvalue weighted by molar-refractivity contribution is -0.151. The van der Waals surface area contributed by atoms with Gasteiger partial charge in [0.15, 0.2) is 6.61 Å². The summed E-state index contributed by atoms with van der Waals surface area (Å²) < 4.78 is 15.5. The molecule has 3 amide bonds. The Morgan fingerprint density at radius 2 is 1.68 bits per heavy atom. The average Bonchev–Trinajstić information content (AvgIpc) is 3.19. The number of carbonyl (C=O) groups is 4. The smallest absolute Gasteiger partial charge is 0.311 e. The molecule has 2 N–H and O–H groups in total. The molecule has 1 atom stereocenters. The van der Waals surface area contributed by atoms with Crippen LogP contribution in [0, 0.1) is 19.8 Å². The van der Waals surface area contributed by atoms with Crippen LogP contribution in [-0.4, -0.2) is 56.1 Å². The van der Waals surface area contributed by atoms with E-state index in [9.17, 15) is 19.2 Å². The number of aryl methyl sites for hydroxylation is 1. The lowest BCUT2D eigenvalue weighted by Gasteiger charge is -2.19. The molecule has 34 heavy (non-hydrogen) atoms. The van der Waals surface area contributed by atoms with Crippen LogP contribution in [-0.2, 0) is 19.1 Å². The molecular formula is C24H27N3O7. The molecule has 1 aliphatic rings. The fourth-order valence-electron chi connectivity index (χ4n) is 3.55. The summed E-state index contributed by atoms with van der Waals surface area (Å²) in [7, 11) is 2.82. The van der Waals surface area contributed by atoms with E-state index in [1.807, 2.05) is 26.0 Å². The van der Waals surface area contributed by atoms with Crippen LogP contribution in [0.25, 0.3) is 0 Å². The maximum atomic E-state index is 12.8. The molecule has 0 saturated carbocycles. The van der Waals surface area contributed by atoms with Crippen molar-refractivity contribution in [1.82, 2.24) is 10.4 Å². The first-order chi connectivity index (χ1) is 16.2. The second-order valence-corrected chi connectivity index (χ2v) is 7.79. The number of amides is 3. The maximum absolute atomic E-state index is 12.8. The number of nitrogens with one attached hydrogen (secondary N) is 2. The van der Waals surface area contributed by atoms with Gasteiger partial charge >= 0.3 is 5.97 Å². The van der Waals surface area contributed by atoms with Crippen molar-refractivity contribution in [2.45, 2.75) is 20.3 Å². The minimum atomic E-state index is -0.819. The highest BCUT2D eigenvalue weighted by atomic mass is 16.5. The molecule has 1 fully saturated rings. The van der Waals surface area contributed by atoms with E-state index < -0.39 is 36.2 Å². The standard InChI is InChI=1S/C24H27N3O7/c1-14-7-5-8-17(15(14)2)25-20(28)13-34-24(31)16-11-21(29)27(12-16)26-23(30)22-18(32-3)9-6-10-19(22)33-4/h5-10,16H,11-13H2,1-4H3,(H,25,28)(H,26,30)/t16-/m1/s1. The van der Waals surface area contributed by atoms with Gasteiger partial charge in [0.25, 0.3) is 11.8 Å². The average molecular weight is 469 g/mol. The van der Waals surface area contributed by atoms with Crippen molar-refractivity contribution in [3.8, 4) is 11.5 Å². The van der Waals surface area contributed by atoms with Gasteiger partial charge < -0.3 is 19.5 Å². The van der Waals surface area contributed by atoms with Crippen molar-refractivity contribution in [2.24, 2.45) is 5.92 Å². The third kappa shape index (κ3) is 5.45. The second-order valence-electron chi connectivity index (χ2n) is 7.79. The van der Waals surface area contributed by atoms with Gasteiger partial charge in [0, 0.05) is 12.1 Å². The molecule has 1 saturated heterocycles. The molecule has 0 aliphatic carbocycles. The fourth-order valence-corrected chi connectivity index (χ4v) is 3.55. The van der Waals surface area contributed by atoms with Gasteiger partial charge in [-0.1, -0.05) is 18.2 Å². The van der Waals surface area contributed by atoms with Gasteiger partial charge in [0.1, 0.15) is 17.1 Å². The van der Waals surface area contributed by atoms with Gasteiger partial charge in [0.05, 0.1) is 26.7 Å². The molecule has 10 nitrogen and oxygen atoms in total. The number of hydrogen-bond acceptors (Lipinski definition) is 7. The van der Waals surface area contributed by atoms with Crippen LogP contribution in [0.15, 0.2) is 36.4 Å². The van der Waals surface area contributed by atoms with Gasteiger partial charge in [0.2, 0.25) is 5.91 Å². The SMILES string of the molecule is COc1cccc(OC)c1C(=O)NN1C[C@H](C(=O)OCC(=O)Nc2cccc(C)c2C)CC1=O. The van der Waals surface area contributed by atoms with Gasteiger partial charge in [-0.25, -0.2) is 0 Å². The van der Waals surface area contributed by atoms with Crippen molar-refractivity contribution < 1.29 is 33.4 Å². The first kappa shape index (κ1) is 24.6. The van der Waals surface area contributed by atoms with E-state index >= 15 is 0 Å². The highest BCUT2D eigenvalue weighted by Gasteiger charge is 2.37. The lowest BCUT2D eigenvalue weighted by atomic mass is 10.1. The van der Waals surface area contributed by atoms with Crippen LogP contribution in [0.4, 0.5) is 5.69 Å². The van der Waals surface area contributed by atoms with Crippen LogP contribution in [0.3, 0.4) is 0 Å². The summed E-state index contributed by atoms with van der Waals surface area (Å²) in [6.45, 7) is 3.24. The van der Waals surface area contributed by atoms with Gasteiger partial charge in [-0.3, -0.25) is 29.6 Å². The van der Waals surface area contributed by atoms with Crippen molar-refractivity contribution in [2.75, 3.05) is 32.7 Å². The molecule has 180 valence electrons. The summed E-state index contributed by atoms with van der Waals surface area (Å²) in [6, 6.07) is 10.3. The van der Waals surface area contributed by atoms with Crippen LogP contribution < -0.4 is 20.2 Å². The zero-order chi connectivity index (χ0) is 24.8. The molecule has 0 unspecified atom stereocenters. The quantitative estimate of drug-likeness (QED) is 0.567. The van der Waals surface area contributed by atoms with Crippen molar-refractivity contribution in [3.63, 3.8) is 0 Å². The topological polar surface area (TPSA) is 123 Å². The Morgan fingerprint density at radius 1 is 1.03 bits per heavy atom. The number of esters is 1. The predicted molar refractivity (Wildman–Crippen MR) is 122 cm³/mol. The third-order valence-electron chi connectivity index (χ3n) is 5.57. The van der Waals surface area contributed by atoms with E-state index in [0.717, 1.165) is 16.1 Å². The van der Waals surface area contributed by atoms with E-state index in [0.29, 0.717) is 5.69 Å². The molecule has 2 aromatic carbocycles. The fraction of sp³-hybridized carbons (Fsp3) is 0.333. The zero-order valence-corrected chi connectivity index (χ0v) is 19.5. The molecule has 0 bridgehead atoms. The number of carbonyl (C=O) groups excluding carboxylic acids is 4. The number of rotatable bonds is 8. The lowest BCUT2D eigenvalue weighted by Crippen LogP contribution is -2.43. The summed E-state index contributed by atoms with van der Waals surface area (Å²) in [5.41, 5.74) is 5.18. The normalized spacial score (nSPS) is 15.0. The third-order valence-corrected chi connectivity index (χ3v) is 5.57. The monoisotopic (exact) mass is 469 g/mol. The minimum Gasteiger partial charge on any atom is -0.496 e. The zero-order valence-electron chi connectivity index (χ0n) is 19.5. The van der Waals surface area contributed by atoms with Crippen LogP contribution in [0.5, 0.6) is 11.5 Å². The Labute approximate surface area is 197 Å². The van der Waals surface area contributed by atoms with Crippen LogP contribution >= 0.6 is 0 Å². The number of hydrazine groups is 1. The maximum Gasteiger partial charge on any atom is 0.311 e. The first-order valence-corrected chi connectivity index (χ1v) is 10.6. The summed E-state index contributed by atoms with van der Waals surface area (Å²) in [5.74, 6) is -2.53. The number of nitrogens with zero attached hydrogens (tertiary/aromatic N) is 1. The molecule has 0 radical (unpaired) electrons. The highest BCUT2D eigenvalue weighted by molar-refractivity contribution is 6.01. The molecule has 10 heteroatoms. The Kier molecular flexibility index (Phi) is 7.72. The van der Waals surface area contributed by atoms with E-state index in [-0.39, 0.29) is 30.0 Å². The summed E-state index contributed by atoms with van der Waals surface area (Å²) in [4.78, 5) is 49.8. The molecule has 2 aromatic rings. The summed E-state index contributed by atoms with van der Waals surface area (Å²) in [5, 5.41) is 3.76. The van der Waals surface area contributed by atoms with Gasteiger partial charge in [-0.2, -0.15) is 0 Å². The van der Waals surface area contributed by atoms with Crippen LogP contribution in [0.1, 0.15) is 27.9 Å². The number of hydrogen-bond donors (Lipinski definition) is 2. The highest BCUT2D eigenvalue weighted by Crippen LogP contribution is 2.28.